The van der Waals surface area contributed by atoms with Crippen molar-refractivity contribution in [2.24, 2.45) is 0 Å². The Balaban J connectivity index is 2.25. The average Bonchev–Trinajstić information content (AvgIpc) is 2.54. The van der Waals surface area contributed by atoms with Crippen molar-refractivity contribution in [3.63, 3.8) is 0 Å². The SMILES string of the molecule is CCCCOc1ncnc(Oc2cc(C)c(C#N)cc2Cl)c1F. The lowest BCUT2D eigenvalue weighted by Gasteiger charge is -2.11. The van der Waals surface area contributed by atoms with Gasteiger partial charge in [0.15, 0.2) is 0 Å². The topological polar surface area (TPSA) is 68.0 Å². The highest BCUT2D eigenvalue weighted by molar-refractivity contribution is 6.32. The van der Waals surface area contributed by atoms with Crippen LogP contribution in [-0.4, -0.2) is 16.6 Å². The Morgan fingerprint density at radius 2 is 2.04 bits per heavy atom. The molecule has 0 aliphatic carbocycles. The summed E-state index contributed by atoms with van der Waals surface area (Å²) >= 11 is 6.05. The number of nitrogens with zero attached hydrogens (tertiary/aromatic N) is 3. The Morgan fingerprint density at radius 3 is 2.74 bits per heavy atom. The second kappa shape index (κ2) is 7.75. The maximum atomic E-state index is 14.3. The summed E-state index contributed by atoms with van der Waals surface area (Å²) in [5, 5.41) is 9.15. The number of aromatic nitrogens is 2. The van der Waals surface area contributed by atoms with Gasteiger partial charge in [-0.05, 0) is 31.0 Å². The number of aryl methyl sites for hydroxylation is 1. The molecule has 2 aromatic rings. The van der Waals surface area contributed by atoms with Crippen LogP contribution < -0.4 is 9.47 Å². The van der Waals surface area contributed by atoms with Crippen LogP contribution in [-0.2, 0) is 0 Å². The fraction of sp³-hybridized carbons (Fsp3) is 0.312. The van der Waals surface area contributed by atoms with Crippen molar-refractivity contribution in [1.29, 1.82) is 5.26 Å². The van der Waals surface area contributed by atoms with Crippen LogP contribution in [0.2, 0.25) is 5.02 Å². The van der Waals surface area contributed by atoms with E-state index < -0.39 is 5.82 Å². The lowest BCUT2D eigenvalue weighted by Crippen LogP contribution is -2.03. The molecule has 1 aromatic carbocycles. The number of hydrogen-bond acceptors (Lipinski definition) is 5. The third kappa shape index (κ3) is 4.08. The lowest BCUT2D eigenvalue weighted by atomic mass is 10.1. The number of nitriles is 1. The molecule has 0 aliphatic rings. The number of rotatable bonds is 6. The molecule has 7 heteroatoms. The second-order valence-corrected chi connectivity index (χ2v) is 5.22. The van der Waals surface area contributed by atoms with Crippen LogP contribution in [0.1, 0.15) is 30.9 Å². The van der Waals surface area contributed by atoms with Crippen molar-refractivity contribution in [2.45, 2.75) is 26.7 Å². The van der Waals surface area contributed by atoms with E-state index in [0.717, 1.165) is 19.2 Å². The zero-order valence-electron chi connectivity index (χ0n) is 12.8. The minimum atomic E-state index is -0.790. The van der Waals surface area contributed by atoms with E-state index in [9.17, 15) is 4.39 Å². The Kier molecular flexibility index (Phi) is 5.72. The highest BCUT2D eigenvalue weighted by Gasteiger charge is 2.16. The molecule has 0 fully saturated rings. The summed E-state index contributed by atoms with van der Waals surface area (Å²) in [6.07, 6.45) is 2.88. The van der Waals surface area contributed by atoms with Gasteiger partial charge >= 0.3 is 0 Å². The number of ether oxygens (including phenoxy) is 2. The first-order valence-electron chi connectivity index (χ1n) is 7.08. The first-order valence-corrected chi connectivity index (χ1v) is 7.46. The molecule has 1 aromatic heterocycles. The molecule has 0 N–H and O–H groups in total. The Labute approximate surface area is 138 Å². The zero-order chi connectivity index (χ0) is 16.8. The number of hydrogen-bond donors (Lipinski definition) is 0. The summed E-state index contributed by atoms with van der Waals surface area (Å²) in [5.74, 6) is -1.02. The summed E-state index contributed by atoms with van der Waals surface area (Å²) in [4.78, 5) is 7.52. The molecule has 120 valence electrons. The van der Waals surface area contributed by atoms with Crippen molar-refractivity contribution in [2.75, 3.05) is 6.61 Å². The molecule has 0 radical (unpaired) electrons. The van der Waals surface area contributed by atoms with Crippen LogP contribution in [0.4, 0.5) is 4.39 Å². The molecule has 0 amide bonds. The van der Waals surface area contributed by atoms with Crippen molar-refractivity contribution in [3.8, 4) is 23.6 Å². The average molecular weight is 336 g/mol. The number of benzene rings is 1. The van der Waals surface area contributed by atoms with Gasteiger partial charge in [-0.1, -0.05) is 24.9 Å². The van der Waals surface area contributed by atoms with E-state index in [0.29, 0.717) is 17.7 Å². The van der Waals surface area contributed by atoms with Gasteiger partial charge in [0.1, 0.15) is 12.1 Å². The van der Waals surface area contributed by atoms with Crippen LogP contribution in [0.15, 0.2) is 18.5 Å². The first kappa shape index (κ1) is 17.0. The normalized spacial score (nSPS) is 10.2. The maximum absolute atomic E-state index is 14.3. The van der Waals surface area contributed by atoms with Crippen molar-refractivity contribution in [1.82, 2.24) is 9.97 Å². The van der Waals surface area contributed by atoms with E-state index in [4.69, 9.17) is 26.3 Å². The Hall–Kier alpha value is -2.39. The van der Waals surface area contributed by atoms with Gasteiger partial charge in [0.05, 0.1) is 23.3 Å². The first-order chi connectivity index (χ1) is 11.1. The predicted molar refractivity (Wildman–Crippen MR) is 83.4 cm³/mol. The summed E-state index contributed by atoms with van der Waals surface area (Å²) in [6.45, 7) is 4.10. The number of unbranched alkanes of at least 4 members (excludes halogenated alkanes) is 1. The molecule has 0 unspecified atom stereocenters. The van der Waals surface area contributed by atoms with E-state index in [1.165, 1.54) is 6.07 Å². The second-order valence-electron chi connectivity index (χ2n) is 4.81. The minimum Gasteiger partial charge on any atom is -0.475 e. The van der Waals surface area contributed by atoms with E-state index in [1.807, 2.05) is 13.0 Å². The molecular formula is C16H15ClFN3O2. The van der Waals surface area contributed by atoms with Crippen molar-refractivity contribution >= 4 is 11.6 Å². The van der Waals surface area contributed by atoms with Gasteiger partial charge in [-0.15, -0.1) is 0 Å². The fourth-order valence-corrected chi connectivity index (χ4v) is 1.98. The van der Waals surface area contributed by atoms with Crippen molar-refractivity contribution in [3.05, 3.63) is 40.4 Å². The molecular weight excluding hydrogens is 321 g/mol. The van der Waals surface area contributed by atoms with Crippen molar-refractivity contribution < 1.29 is 13.9 Å². The summed E-state index contributed by atoms with van der Waals surface area (Å²) in [5.41, 5.74) is 1.09. The van der Waals surface area contributed by atoms with E-state index >= 15 is 0 Å². The van der Waals surface area contributed by atoms with Gasteiger partial charge in [0.2, 0.25) is 5.82 Å². The van der Waals surface area contributed by atoms with Crippen LogP contribution in [0.3, 0.4) is 0 Å². The van der Waals surface area contributed by atoms with Crippen LogP contribution in [0.5, 0.6) is 17.5 Å². The Morgan fingerprint density at radius 1 is 1.30 bits per heavy atom. The molecule has 0 spiro atoms. The molecule has 0 saturated heterocycles. The van der Waals surface area contributed by atoms with E-state index in [2.05, 4.69) is 9.97 Å². The van der Waals surface area contributed by atoms with Gasteiger partial charge in [-0.2, -0.15) is 19.6 Å². The lowest BCUT2D eigenvalue weighted by molar-refractivity contribution is 0.274. The summed E-state index contributed by atoms with van der Waals surface area (Å²) in [6, 6.07) is 5.03. The minimum absolute atomic E-state index is 0.162. The summed E-state index contributed by atoms with van der Waals surface area (Å²) in [7, 11) is 0. The molecule has 0 saturated carbocycles. The van der Waals surface area contributed by atoms with E-state index in [1.54, 1.807) is 13.0 Å². The Bertz CT molecular complexity index is 747. The van der Waals surface area contributed by atoms with Crippen LogP contribution in [0.25, 0.3) is 0 Å². The van der Waals surface area contributed by atoms with Crippen LogP contribution in [0, 0.1) is 24.1 Å². The summed E-state index contributed by atoms with van der Waals surface area (Å²) < 4.78 is 25.0. The fourth-order valence-electron chi connectivity index (χ4n) is 1.78. The van der Waals surface area contributed by atoms with Gasteiger partial charge in [-0.25, -0.2) is 0 Å². The standard InChI is InChI=1S/C16H15ClFN3O2/c1-3-4-5-22-15-14(18)16(21-9-20-15)23-13-6-10(2)11(8-19)7-12(13)17/h6-7,9H,3-5H2,1-2H3. The zero-order valence-corrected chi connectivity index (χ0v) is 13.5. The molecule has 0 atom stereocenters. The maximum Gasteiger partial charge on any atom is 0.263 e. The highest BCUT2D eigenvalue weighted by atomic mass is 35.5. The van der Waals surface area contributed by atoms with Crippen LogP contribution >= 0.6 is 11.6 Å². The third-order valence-electron chi connectivity index (χ3n) is 3.07. The molecule has 0 bridgehead atoms. The van der Waals surface area contributed by atoms with Gasteiger partial charge in [0, 0.05) is 0 Å². The molecule has 2 rings (SSSR count). The third-order valence-corrected chi connectivity index (χ3v) is 3.36. The smallest absolute Gasteiger partial charge is 0.263 e. The van der Waals surface area contributed by atoms with Gasteiger partial charge in [0.25, 0.3) is 11.8 Å². The monoisotopic (exact) mass is 335 g/mol. The van der Waals surface area contributed by atoms with Gasteiger partial charge in [-0.3, -0.25) is 0 Å². The van der Waals surface area contributed by atoms with Gasteiger partial charge < -0.3 is 9.47 Å². The largest absolute Gasteiger partial charge is 0.475 e. The van der Waals surface area contributed by atoms with E-state index in [-0.39, 0.29) is 22.5 Å². The molecule has 1 heterocycles. The highest BCUT2D eigenvalue weighted by Crippen LogP contribution is 2.33. The molecule has 0 aliphatic heterocycles. The molecule has 23 heavy (non-hydrogen) atoms. The molecule has 5 nitrogen and oxygen atoms in total. The quantitative estimate of drug-likeness (QED) is 0.731. The predicted octanol–water partition coefficient (Wildman–Crippen LogP) is 4.42. The number of halogens is 2.